The maximum atomic E-state index is 12.3. The molecule has 1 aromatic carbocycles. The smallest absolute Gasteiger partial charge is 0.345 e. The SMILES string of the molecule is CN(C)Cc1cc2c3c(ccc2n1C)-c1[nH]c(=O)c(C(=O)O)c(O)c1CC=C3.Cl. The van der Waals surface area contributed by atoms with Crippen molar-refractivity contribution in [2.24, 2.45) is 7.05 Å². The minimum absolute atomic E-state index is 0. The van der Waals surface area contributed by atoms with E-state index in [-0.39, 0.29) is 12.4 Å². The van der Waals surface area contributed by atoms with Gasteiger partial charge in [-0.25, -0.2) is 4.79 Å². The van der Waals surface area contributed by atoms with Crippen LogP contribution in [0, 0.1) is 0 Å². The van der Waals surface area contributed by atoms with E-state index >= 15 is 0 Å². The number of benzene rings is 1. The molecule has 0 spiro atoms. The summed E-state index contributed by atoms with van der Waals surface area (Å²) in [6.07, 6.45) is 4.17. The topological polar surface area (TPSA) is 98.6 Å². The summed E-state index contributed by atoms with van der Waals surface area (Å²) < 4.78 is 2.14. The molecule has 3 N–H and O–H groups in total. The number of fused-ring (bicyclic) bond motifs is 5. The highest BCUT2D eigenvalue weighted by Crippen LogP contribution is 2.38. The van der Waals surface area contributed by atoms with Crippen LogP contribution in [0.5, 0.6) is 5.75 Å². The number of hydrogen-bond donors (Lipinski definition) is 3. The van der Waals surface area contributed by atoms with Crippen molar-refractivity contribution in [1.82, 2.24) is 14.5 Å². The van der Waals surface area contributed by atoms with Gasteiger partial charge in [0, 0.05) is 41.3 Å². The number of nitrogens with zero attached hydrogens (tertiary/aromatic N) is 2. The fraction of sp³-hybridized carbons (Fsp3) is 0.238. The van der Waals surface area contributed by atoms with E-state index in [1.165, 1.54) is 0 Å². The molecule has 1 aliphatic carbocycles. The standard InChI is InChI=1S/C21H21N3O4.ClH/c1-23(2)10-11-9-15-12-5-4-6-14-18(13(12)7-8-16(15)24(11)3)22-20(26)17(19(14)25)21(27)28;/h4-5,7-9H,6,10H2,1-3H3,(H,27,28)(H2,22,25,26);1H. The van der Waals surface area contributed by atoms with Crippen LogP contribution in [0.25, 0.3) is 28.2 Å². The van der Waals surface area contributed by atoms with Crippen molar-refractivity contribution in [3.05, 3.63) is 57.0 Å². The molecule has 4 rings (SSSR count). The van der Waals surface area contributed by atoms with E-state index in [2.05, 4.69) is 20.5 Å². The zero-order valence-electron chi connectivity index (χ0n) is 16.3. The summed E-state index contributed by atoms with van der Waals surface area (Å²) in [5.41, 5.74) is 3.38. The summed E-state index contributed by atoms with van der Waals surface area (Å²) in [5.74, 6) is -1.91. The van der Waals surface area contributed by atoms with E-state index in [9.17, 15) is 19.8 Å². The van der Waals surface area contributed by atoms with Gasteiger partial charge in [-0.1, -0.05) is 18.2 Å². The zero-order chi connectivity index (χ0) is 20.2. The summed E-state index contributed by atoms with van der Waals surface area (Å²) in [5, 5.41) is 20.8. The van der Waals surface area contributed by atoms with Crippen molar-refractivity contribution in [2.75, 3.05) is 14.1 Å². The van der Waals surface area contributed by atoms with E-state index in [1.807, 2.05) is 45.4 Å². The molecular formula is C21H22ClN3O4. The lowest BCUT2D eigenvalue weighted by Crippen LogP contribution is -2.20. The highest BCUT2D eigenvalue weighted by atomic mass is 35.5. The molecule has 3 aromatic rings. The fourth-order valence-corrected chi connectivity index (χ4v) is 3.91. The van der Waals surface area contributed by atoms with Crippen LogP contribution >= 0.6 is 12.4 Å². The molecule has 0 amide bonds. The van der Waals surface area contributed by atoms with E-state index < -0.39 is 22.8 Å². The van der Waals surface area contributed by atoms with Gasteiger partial charge in [0.2, 0.25) is 0 Å². The molecule has 7 nitrogen and oxygen atoms in total. The number of carboxylic acid groups (broad SMARTS) is 1. The summed E-state index contributed by atoms with van der Waals surface area (Å²) in [6.45, 7) is 0.792. The third kappa shape index (κ3) is 3.22. The number of halogens is 1. The second kappa shape index (κ2) is 7.42. The molecule has 1 aliphatic rings. The van der Waals surface area contributed by atoms with Gasteiger partial charge in [-0.3, -0.25) is 4.79 Å². The number of hydrogen-bond acceptors (Lipinski definition) is 4. The lowest BCUT2D eigenvalue weighted by atomic mass is 9.97. The van der Waals surface area contributed by atoms with Crippen molar-refractivity contribution >= 4 is 35.4 Å². The minimum Gasteiger partial charge on any atom is -0.506 e. The highest BCUT2D eigenvalue weighted by molar-refractivity contribution is 5.99. The average molecular weight is 416 g/mol. The third-order valence-electron chi connectivity index (χ3n) is 5.23. The summed E-state index contributed by atoms with van der Waals surface area (Å²) in [7, 11) is 6.05. The van der Waals surface area contributed by atoms with Gasteiger partial charge in [-0.2, -0.15) is 0 Å². The molecule has 29 heavy (non-hydrogen) atoms. The number of pyridine rings is 1. The van der Waals surface area contributed by atoms with Crippen LogP contribution in [0.15, 0.2) is 29.1 Å². The highest BCUT2D eigenvalue weighted by Gasteiger charge is 2.25. The molecule has 152 valence electrons. The van der Waals surface area contributed by atoms with Crippen LogP contribution < -0.4 is 5.56 Å². The zero-order valence-corrected chi connectivity index (χ0v) is 17.1. The Kier molecular flexibility index (Phi) is 5.30. The Morgan fingerprint density at radius 3 is 2.69 bits per heavy atom. The molecular weight excluding hydrogens is 394 g/mol. The number of allylic oxidation sites excluding steroid dienone is 1. The van der Waals surface area contributed by atoms with Crippen LogP contribution in [0.3, 0.4) is 0 Å². The molecule has 8 heteroatoms. The Bertz CT molecular complexity index is 1220. The molecule has 2 aromatic heterocycles. The van der Waals surface area contributed by atoms with Gasteiger partial charge >= 0.3 is 5.97 Å². The first kappa shape index (κ1) is 20.7. The first-order valence-electron chi connectivity index (χ1n) is 8.94. The van der Waals surface area contributed by atoms with Gasteiger partial charge in [0.15, 0.2) is 5.56 Å². The van der Waals surface area contributed by atoms with E-state index in [0.717, 1.165) is 34.3 Å². The van der Waals surface area contributed by atoms with Gasteiger partial charge in [0.05, 0.1) is 5.69 Å². The number of aromatic amines is 1. The number of nitrogens with one attached hydrogen (secondary N) is 1. The Labute approximate surface area is 173 Å². The van der Waals surface area contributed by atoms with Crippen molar-refractivity contribution < 1.29 is 15.0 Å². The summed E-state index contributed by atoms with van der Waals surface area (Å²) in [4.78, 5) is 28.4. The largest absolute Gasteiger partial charge is 0.506 e. The number of aromatic hydroxyl groups is 1. The van der Waals surface area contributed by atoms with Gasteiger partial charge in [-0.15, -0.1) is 12.4 Å². The van der Waals surface area contributed by atoms with Crippen molar-refractivity contribution in [3.63, 3.8) is 0 Å². The number of aromatic carboxylic acids is 1. The van der Waals surface area contributed by atoms with Gasteiger partial charge < -0.3 is 24.7 Å². The first-order valence-corrected chi connectivity index (χ1v) is 8.94. The maximum Gasteiger partial charge on any atom is 0.345 e. The molecule has 0 atom stereocenters. The maximum absolute atomic E-state index is 12.3. The third-order valence-corrected chi connectivity index (χ3v) is 5.23. The van der Waals surface area contributed by atoms with Crippen molar-refractivity contribution in [2.45, 2.75) is 13.0 Å². The minimum atomic E-state index is -1.44. The van der Waals surface area contributed by atoms with E-state index in [4.69, 9.17) is 0 Å². The van der Waals surface area contributed by atoms with Gasteiger partial charge in [0.25, 0.3) is 5.56 Å². The Balaban J connectivity index is 0.00000240. The van der Waals surface area contributed by atoms with Crippen LogP contribution in [0.4, 0.5) is 0 Å². The quantitative estimate of drug-likeness (QED) is 0.610. The second-order valence-electron chi connectivity index (χ2n) is 7.34. The average Bonchev–Trinajstić information content (AvgIpc) is 2.81. The van der Waals surface area contributed by atoms with Crippen molar-refractivity contribution in [3.8, 4) is 17.0 Å². The monoisotopic (exact) mass is 415 g/mol. The van der Waals surface area contributed by atoms with E-state index in [0.29, 0.717) is 17.7 Å². The number of rotatable bonds is 3. The predicted octanol–water partition coefficient (Wildman–Crippen LogP) is 2.99. The number of aryl methyl sites for hydroxylation is 1. The Hall–Kier alpha value is -3.03. The molecule has 0 aliphatic heterocycles. The molecule has 0 fully saturated rings. The fourth-order valence-electron chi connectivity index (χ4n) is 3.91. The molecule has 0 saturated heterocycles. The van der Waals surface area contributed by atoms with Crippen molar-refractivity contribution in [1.29, 1.82) is 0 Å². The van der Waals surface area contributed by atoms with Gasteiger partial charge in [0.1, 0.15) is 5.75 Å². The molecule has 2 heterocycles. The lowest BCUT2D eigenvalue weighted by Gasteiger charge is -2.13. The van der Waals surface area contributed by atoms with Crippen LogP contribution in [0.2, 0.25) is 0 Å². The number of H-pyrrole nitrogens is 1. The van der Waals surface area contributed by atoms with Crippen LogP contribution in [-0.4, -0.2) is 44.7 Å². The van der Waals surface area contributed by atoms with Gasteiger partial charge in [-0.05, 0) is 38.2 Å². The van der Waals surface area contributed by atoms with Crippen LogP contribution in [-0.2, 0) is 20.0 Å². The normalized spacial score (nSPS) is 12.4. The molecule has 0 unspecified atom stereocenters. The molecule has 0 radical (unpaired) electrons. The number of carboxylic acids is 1. The second-order valence-corrected chi connectivity index (χ2v) is 7.34. The molecule has 0 saturated carbocycles. The number of carbonyl (C=O) groups is 1. The lowest BCUT2D eigenvalue weighted by molar-refractivity contribution is 0.0691. The Morgan fingerprint density at radius 1 is 1.31 bits per heavy atom. The molecule has 0 bridgehead atoms. The van der Waals surface area contributed by atoms with Crippen LogP contribution in [0.1, 0.15) is 27.2 Å². The first-order chi connectivity index (χ1) is 13.3. The van der Waals surface area contributed by atoms with E-state index in [1.54, 1.807) is 0 Å². The summed E-state index contributed by atoms with van der Waals surface area (Å²) >= 11 is 0. The predicted molar refractivity (Wildman–Crippen MR) is 115 cm³/mol. The number of aromatic nitrogens is 2. The Morgan fingerprint density at radius 2 is 2.03 bits per heavy atom. The summed E-state index contributed by atoms with van der Waals surface area (Å²) in [6, 6.07) is 6.02.